The molecule has 0 aliphatic carbocycles. The molecule has 2 rings (SSSR count). The van der Waals surface area contributed by atoms with Crippen LogP contribution in [0.25, 0.3) is 0 Å². The summed E-state index contributed by atoms with van der Waals surface area (Å²) in [6.07, 6.45) is 0.844. The second-order valence-electron chi connectivity index (χ2n) is 5.21. The Balaban J connectivity index is 2.01. The first kappa shape index (κ1) is 12.6. The first-order valence-corrected chi connectivity index (χ1v) is 6.10. The Bertz CT molecular complexity index is 350. The van der Waals surface area contributed by atoms with Crippen LogP contribution in [0.2, 0.25) is 0 Å². The van der Waals surface area contributed by atoms with E-state index in [9.17, 15) is 5.11 Å². The highest BCUT2D eigenvalue weighted by Crippen LogP contribution is 2.23. The van der Waals surface area contributed by atoms with E-state index in [2.05, 4.69) is 17.0 Å². The SMILES string of the molecule is CO[C@@H]1CN(Cc2ccccc2)C[C@](C)(O)C1. The number of likely N-dealkylation sites (tertiary alicyclic amines) is 1. The molecule has 17 heavy (non-hydrogen) atoms. The molecule has 1 N–H and O–H groups in total. The van der Waals surface area contributed by atoms with Crippen LogP contribution in [0.4, 0.5) is 0 Å². The smallest absolute Gasteiger partial charge is 0.0771 e. The summed E-state index contributed by atoms with van der Waals surface area (Å²) in [4.78, 5) is 2.26. The second kappa shape index (κ2) is 5.17. The lowest BCUT2D eigenvalue weighted by molar-refractivity contribution is -0.0833. The van der Waals surface area contributed by atoms with Gasteiger partial charge in [0.15, 0.2) is 0 Å². The largest absolute Gasteiger partial charge is 0.389 e. The minimum absolute atomic E-state index is 0.127. The van der Waals surface area contributed by atoms with Crippen molar-refractivity contribution in [1.29, 1.82) is 0 Å². The van der Waals surface area contributed by atoms with Crippen LogP contribution in [0.15, 0.2) is 30.3 Å². The van der Waals surface area contributed by atoms with Gasteiger partial charge in [-0.15, -0.1) is 0 Å². The summed E-state index contributed by atoms with van der Waals surface area (Å²) >= 11 is 0. The predicted molar refractivity (Wildman–Crippen MR) is 67.8 cm³/mol. The molecule has 0 radical (unpaired) electrons. The molecule has 0 saturated carbocycles. The van der Waals surface area contributed by atoms with Gasteiger partial charge in [0.2, 0.25) is 0 Å². The Morgan fingerprint density at radius 1 is 1.41 bits per heavy atom. The number of piperidine rings is 1. The third-order valence-electron chi connectivity index (χ3n) is 3.28. The first-order chi connectivity index (χ1) is 8.09. The zero-order valence-electron chi connectivity index (χ0n) is 10.6. The van der Waals surface area contributed by atoms with E-state index in [-0.39, 0.29) is 6.10 Å². The molecule has 0 aromatic heterocycles. The summed E-state index contributed by atoms with van der Waals surface area (Å²) in [5.74, 6) is 0. The second-order valence-corrected chi connectivity index (χ2v) is 5.21. The molecule has 1 heterocycles. The third-order valence-corrected chi connectivity index (χ3v) is 3.28. The average molecular weight is 235 g/mol. The number of ether oxygens (including phenoxy) is 1. The lowest BCUT2D eigenvalue weighted by Gasteiger charge is -2.40. The summed E-state index contributed by atoms with van der Waals surface area (Å²) in [7, 11) is 1.72. The fourth-order valence-electron chi connectivity index (χ4n) is 2.57. The van der Waals surface area contributed by atoms with Crippen molar-refractivity contribution in [2.75, 3.05) is 20.2 Å². The summed E-state index contributed by atoms with van der Waals surface area (Å²) in [5.41, 5.74) is 0.633. The van der Waals surface area contributed by atoms with Crippen LogP contribution in [0.3, 0.4) is 0 Å². The van der Waals surface area contributed by atoms with E-state index in [1.807, 2.05) is 25.1 Å². The highest BCUT2D eigenvalue weighted by atomic mass is 16.5. The number of benzene rings is 1. The van der Waals surface area contributed by atoms with Crippen LogP contribution in [-0.2, 0) is 11.3 Å². The monoisotopic (exact) mass is 235 g/mol. The van der Waals surface area contributed by atoms with Crippen LogP contribution < -0.4 is 0 Å². The molecular formula is C14H21NO2. The van der Waals surface area contributed by atoms with Crippen molar-refractivity contribution < 1.29 is 9.84 Å². The van der Waals surface area contributed by atoms with Gasteiger partial charge in [-0.2, -0.15) is 0 Å². The topological polar surface area (TPSA) is 32.7 Å². The van der Waals surface area contributed by atoms with Crippen molar-refractivity contribution in [2.45, 2.75) is 31.6 Å². The van der Waals surface area contributed by atoms with Crippen molar-refractivity contribution in [2.24, 2.45) is 0 Å². The summed E-state index contributed by atoms with van der Waals surface area (Å²) < 4.78 is 5.39. The fourth-order valence-corrected chi connectivity index (χ4v) is 2.57. The van der Waals surface area contributed by atoms with Gasteiger partial charge in [-0.3, -0.25) is 4.90 Å². The van der Waals surface area contributed by atoms with Crippen LogP contribution >= 0.6 is 0 Å². The van der Waals surface area contributed by atoms with Gasteiger partial charge >= 0.3 is 0 Å². The number of β-amino-alcohol motifs (C(OH)–C–C–N with tert-alkyl or cyclic N) is 1. The van der Waals surface area contributed by atoms with Gasteiger partial charge < -0.3 is 9.84 Å². The number of rotatable bonds is 3. The Kier molecular flexibility index (Phi) is 3.82. The Hall–Kier alpha value is -0.900. The molecule has 1 aliphatic rings. The van der Waals surface area contributed by atoms with Crippen LogP contribution in [-0.4, -0.2) is 41.9 Å². The molecular weight excluding hydrogens is 214 g/mol. The summed E-state index contributed by atoms with van der Waals surface area (Å²) in [6, 6.07) is 10.3. The van der Waals surface area contributed by atoms with E-state index in [1.165, 1.54) is 5.56 Å². The maximum Gasteiger partial charge on any atom is 0.0771 e. The van der Waals surface area contributed by atoms with Gasteiger partial charge in [-0.25, -0.2) is 0 Å². The Labute approximate surface area is 103 Å². The molecule has 0 amide bonds. The molecule has 1 saturated heterocycles. The zero-order valence-corrected chi connectivity index (χ0v) is 10.6. The predicted octanol–water partition coefficient (Wildman–Crippen LogP) is 1.66. The van der Waals surface area contributed by atoms with E-state index >= 15 is 0 Å². The molecule has 1 aliphatic heterocycles. The molecule has 2 atom stereocenters. The molecule has 94 valence electrons. The highest BCUT2D eigenvalue weighted by molar-refractivity contribution is 5.14. The maximum absolute atomic E-state index is 10.2. The van der Waals surface area contributed by atoms with Gasteiger partial charge in [-0.05, 0) is 12.5 Å². The third kappa shape index (κ3) is 3.53. The van der Waals surface area contributed by atoms with Gasteiger partial charge in [-0.1, -0.05) is 30.3 Å². The molecule has 0 bridgehead atoms. The first-order valence-electron chi connectivity index (χ1n) is 6.10. The normalized spacial score (nSPS) is 30.4. The van der Waals surface area contributed by atoms with E-state index in [0.29, 0.717) is 6.54 Å². The molecule has 3 nitrogen and oxygen atoms in total. The van der Waals surface area contributed by atoms with E-state index in [1.54, 1.807) is 7.11 Å². The molecule has 1 fully saturated rings. The quantitative estimate of drug-likeness (QED) is 0.865. The van der Waals surface area contributed by atoms with Crippen molar-refractivity contribution in [1.82, 2.24) is 4.90 Å². The number of methoxy groups -OCH3 is 1. The summed E-state index contributed by atoms with van der Waals surface area (Å²) in [5, 5.41) is 10.2. The number of nitrogens with zero attached hydrogens (tertiary/aromatic N) is 1. The highest BCUT2D eigenvalue weighted by Gasteiger charge is 2.34. The number of hydrogen-bond donors (Lipinski definition) is 1. The van der Waals surface area contributed by atoms with E-state index < -0.39 is 5.60 Å². The van der Waals surface area contributed by atoms with Crippen LogP contribution in [0.1, 0.15) is 18.9 Å². The van der Waals surface area contributed by atoms with E-state index in [0.717, 1.165) is 19.5 Å². The van der Waals surface area contributed by atoms with Crippen LogP contribution in [0, 0.1) is 0 Å². The van der Waals surface area contributed by atoms with Crippen molar-refractivity contribution in [3.8, 4) is 0 Å². The summed E-state index contributed by atoms with van der Waals surface area (Å²) in [6.45, 7) is 4.36. The fraction of sp³-hybridized carbons (Fsp3) is 0.571. The van der Waals surface area contributed by atoms with Crippen molar-refractivity contribution in [3.05, 3.63) is 35.9 Å². The van der Waals surface area contributed by atoms with E-state index in [4.69, 9.17) is 4.74 Å². The van der Waals surface area contributed by atoms with Gasteiger partial charge in [0, 0.05) is 33.2 Å². The minimum Gasteiger partial charge on any atom is -0.389 e. The molecule has 3 heteroatoms. The van der Waals surface area contributed by atoms with Crippen LogP contribution in [0.5, 0.6) is 0 Å². The molecule has 1 aromatic carbocycles. The lowest BCUT2D eigenvalue weighted by Crippen LogP contribution is -2.52. The average Bonchev–Trinajstić information content (AvgIpc) is 2.28. The molecule has 1 aromatic rings. The number of aliphatic hydroxyl groups is 1. The van der Waals surface area contributed by atoms with Gasteiger partial charge in [0.05, 0.1) is 11.7 Å². The minimum atomic E-state index is -0.645. The van der Waals surface area contributed by atoms with Gasteiger partial charge in [0.1, 0.15) is 0 Å². The standard InChI is InChI=1S/C14H21NO2/c1-14(16)8-13(17-2)10-15(11-14)9-12-6-4-3-5-7-12/h3-7,13,16H,8-11H2,1-2H3/t13-,14+/m0/s1. The molecule has 0 unspecified atom stereocenters. The van der Waals surface area contributed by atoms with Crippen molar-refractivity contribution >= 4 is 0 Å². The number of hydrogen-bond acceptors (Lipinski definition) is 3. The Morgan fingerprint density at radius 3 is 2.76 bits per heavy atom. The molecule has 0 spiro atoms. The lowest BCUT2D eigenvalue weighted by atomic mass is 9.92. The van der Waals surface area contributed by atoms with Crippen molar-refractivity contribution in [3.63, 3.8) is 0 Å². The zero-order chi connectivity index (χ0) is 12.3. The maximum atomic E-state index is 10.2. The van der Waals surface area contributed by atoms with Gasteiger partial charge in [0.25, 0.3) is 0 Å². The Morgan fingerprint density at radius 2 is 2.12 bits per heavy atom.